The lowest BCUT2D eigenvalue weighted by Crippen LogP contribution is -2.14. The molecule has 1 amide bonds. The SMILES string of the molecule is CCCCOc1ccccc1-c1cccc(C(N)=O)c1CC. The minimum absolute atomic E-state index is 0.386. The summed E-state index contributed by atoms with van der Waals surface area (Å²) in [6.45, 7) is 4.87. The van der Waals surface area contributed by atoms with Crippen LogP contribution >= 0.6 is 0 Å². The lowest BCUT2D eigenvalue weighted by molar-refractivity contribution is 0.0999. The summed E-state index contributed by atoms with van der Waals surface area (Å²) in [7, 11) is 0. The van der Waals surface area contributed by atoms with Gasteiger partial charge in [0, 0.05) is 11.1 Å². The second-order valence-corrected chi connectivity index (χ2v) is 5.25. The van der Waals surface area contributed by atoms with Gasteiger partial charge in [-0.2, -0.15) is 0 Å². The first-order chi connectivity index (χ1) is 10.7. The molecule has 0 aromatic heterocycles. The number of hydrogen-bond donors (Lipinski definition) is 1. The molecule has 0 saturated heterocycles. The van der Waals surface area contributed by atoms with Crippen LogP contribution in [0.5, 0.6) is 5.75 Å². The Morgan fingerprint density at radius 1 is 1.05 bits per heavy atom. The lowest BCUT2D eigenvalue weighted by Gasteiger charge is -2.16. The molecule has 2 rings (SSSR count). The summed E-state index contributed by atoms with van der Waals surface area (Å²) in [6.07, 6.45) is 2.87. The molecule has 0 radical (unpaired) electrons. The zero-order chi connectivity index (χ0) is 15.9. The first-order valence-corrected chi connectivity index (χ1v) is 7.82. The fraction of sp³-hybridized carbons (Fsp3) is 0.316. The molecule has 0 fully saturated rings. The summed E-state index contributed by atoms with van der Waals surface area (Å²) in [5, 5.41) is 0. The Bertz CT molecular complexity index is 650. The Hall–Kier alpha value is -2.29. The fourth-order valence-electron chi connectivity index (χ4n) is 2.59. The van der Waals surface area contributed by atoms with Gasteiger partial charge in [-0.3, -0.25) is 4.79 Å². The summed E-state index contributed by atoms with van der Waals surface area (Å²) in [6, 6.07) is 13.6. The number of unbranched alkanes of at least 4 members (excludes halogenated alkanes) is 1. The summed E-state index contributed by atoms with van der Waals surface area (Å²) in [4.78, 5) is 11.7. The van der Waals surface area contributed by atoms with Crippen molar-refractivity contribution in [3.63, 3.8) is 0 Å². The van der Waals surface area contributed by atoms with Crippen LogP contribution in [0, 0.1) is 0 Å². The summed E-state index contributed by atoms with van der Waals surface area (Å²) in [5.41, 5.74) is 9.10. The van der Waals surface area contributed by atoms with Crippen molar-refractivity contribution in [3.8, 4) is 16.9 Å². The van der Waals surface area contributed by atoms with Crippen molar-refractivity contribution in [2.45, 2.75) is 33.1 Å². The van der Waals surface area contributed by atoms with Gasteiger partial charge < -0.3 is 10.5 Å². The number of rotatable bonds is 7. The van der Waals surface area contributed by atoms with Crippen molar-refractivity contribution in [3.05, 3.63) is 53.6 Å². The van der Waals surface area contributed by atoms with Crippen LogP contribution in [-0.2, 0) is 6.42 Å². The first-order valence-electron chi connectivity index (χ1n) is 7.82. The lowest BCUT2D eigenvalue weighted by atomic mass is 9.93. The predicted molar refractivity (Wildman–Crippen MR) is 90.2 cm³/mol. The Labute approximate surface area is 132 Å². The molecule has 2 aromatic carbocycles. The second-order valence-electron chi connectivity index (χ2n) is 5.25. The minimum Gasteiger partial charge on any atom is -0.493 e. The van der Waals surface area contributed by atoms with E-state index in [0.29, 0.717) is 12.2 Å². The third-order valence-corrected chi connectivity index (χ3v) is 3.73. The predicted octanol–water partition coefficient (Wildman–Crippen LogP) is 4.19. The molecule has 0 aliphatic carbocycles. The zero-order valence-electron chi connectivity index (χ0n) is 13.3. The third-order valence-electron chi connectivity index (χ3n) is 3.73. The molecular formula is C19H23NO2. The molecular weight excluding hydrogens is 274 g/mol. The molecule has 22 heavy (non-hydrogen) atoms. The normalized spacial score (nSPS) is 10.5. The quantitative estimate of drug-likeness (QED) is 0.779. The standard InChI is InChI=1S/C19H23NO2/c1-3-5-13-22-18-12-7-6-9-16(18)15-10-8-11-17(19(20)21)14(15)4-2/h6-12H,3-5,13H2,1-2H3,(H2,20,21). The van der Waals surface area contributed by atoms with E-state index in [4.69, 9.17) is 10.5 Å². The van der Waals surface area contributed by atoms with Crippen LogP contribution in [0.3, 0.4) is 0 Å². The van der Waals surface area contributed by atoms with Gasteiger partial charge in [-0.25, -0.2) is 0 Å². The summed E-state index contributed by atoms with van der Waals surface area (Å²) in [5.74, 6) is 0.468. The number of primary amides is 1. The summed E-state index contributed by atoms with van der Waals surface area (Å²) >= 11 is 0. The third kappa shape index (κ3) is 3.48. The topological polar surface area (TPSA) is 52.3 Å². The van der Waals surface area contributed by atoms with E-state index in [0.717, 1.165) is 41.7 Å². The molecule has 2 aromatic rings. The Morgan fingerprint density at radius 3 is 2.45 bits per heavy atom. The molecule has 0 bridgehead atoms. The Kier molecular flexibility index (Phi) is 5.59. The van der Waals surface area contributed by atoms with Gasteiger partial charge in [-0.05, 0) is 36.1 Å². The van der Waals surface area contributed by atoms with Crippen LogP contribution in [0.25, 0.3) is 11.1 Å². The number of para-hydroxylation sites is 1. The van der Waals surface area contributed by atoms with Crippen molar-refractivity contribution in [2.24, 2.45) is 5.73 Å². The number of benzene rings is 2. The smallest absolute Gasteiger partial charge is 0.248 e. The van der Waals surface area contributed by atoms with E-state index in [2.05, 4.69) is 6.92 Å². The van der Waals surface area contributed by atoms with Crippen molar-refractivity contribution < 1.29 is 9.53 Å². The van der Waals surface area contributed by atoms with E-state index in [-0.39, 0.29) is 5.91 Å². The molecule has 0 atom stereocenters. The highest BCUT2D eigenvalue weighted by Gasteiger charge is 2.15. The molecule has 0 spiro atoms. The van der Waals surface area contributed by atoms with Gasteiger partial charge in [-0.15, -0.1) is 0 Å². The Morgan fingerprint density at radius 2 is 1.77 bits per heavy atom. The maximum atomic E-state index is 11.7. The average Bonchev–Trinajstić information content (AvgIpc) is 2.54. The van der Waals surface area contributed by atoms with Crippen LogP contribution in [0.2, 0.25) is 0 Å². The van der Waals surface area contributed by atoms with E-state index in [1.54, 1.807) is 6.07 Å². The van der Waals surface area contributed by atoms with Crippen molar-refractivity contribution in [2.75, 3.05) is 6.61 Å². The van der Waals surface area contributed by atoms with E-state index in [1.807, 2.05) is 43.3 Å². The zero-order valence-corrected chi connectivity index (χ0v) is 13.3. The number of nitrogens with two attached hydrogens (primary N) is 1. The number of ether oxygens (including phenoxy) is 1. The van der Waals surface area contributed by atoms with Crippen LogP contribution < -0.4 is 10.5 Å². The van der Waals surface area contributed by atoms with Crippen molar-refractivity contribution >= 4 is 5.91 Å². The average molecular weight is 297 g/mol. The van der Waals surface area contributed by atoms with Crippen molar-refractivity contribution in [1.82, 2.24) is 0 Å². The first kappa shape index (κ1) is 16.1. The van der Waals surface area contributed by atoms with Crippen LogP contribution in [0.15, 0.2) is 42.5 Å². The van der Waals surface area contributed by atoms with E-state index < -0.39 is 0 Å². The molecule has 0 aliphatic heterocycles. The van der Waals surface area contributed by atoms with Gasteiger partial charge in [0.25, 0.3) is 0 Å². The molecule has 116 valence electrons. The molecule has 2 N–H and O–H groups in total. The van der Waals surface area contributed by atoms with Crippen LogP contribution in [-0.4, -0.2) is 12.5 Å². The Balaban J connectivity index is 2.48. The van der Waals surface area contributed by atoms with Gasteiger partial charge in [0.15, 0.2) is 0 Å². The van der Waals surface area contributed by atoms with Gasteiger partial charge in [0.05, 0.1) is 6.61 Å². The van der Waals surface area contributed by atoms with Crippen LogP contribution in [0.4, 0.5) is 0 Å². The number of carbonyl (C=O) groups excluding carboxylic acids is 1. The monoisotopic (exact) mass is 297 g/mol. The largest absolute Gasteiger partial charge is 0.493 e. The molecule has 0 heterocycles. The van der Waals surface area contributed by atoms with Gasteiger partial charge in [0.1, 0.15) is 5.75 Å². The molecule has 0 saturated carbocycles. The molecule has 3 heteroatoms. The van der Waals surface area contributed by atoms with E-state index in [9.17, 15) is 4.79 Å². The van der Waals surface area contributed by atoms with Crippen LogP contribution in [0.1, 0.15) is 42.6 Å². The number of hydrogen-bond acceptors (Lipinski definition) is 2. The van der Waals surface area contributed by atoms with E-state index in [1.165, 1.54) is 0 Å². The second kappa shape index (κ2) is 7.64. The molecule has 3 nitrogen and oxygen atoms in total. The maximum Gasteiger partial charge on any atom is 0.248 e. The number of carbonyl (C=O) groups is 1. The van der Waals surface area contributed by atoms with Gasteiger partial charge in [0.2, 0.25) is 5.91 Å². The number of amides is 1. The van der Waals surface area contributed by atoms with Crippen molar-refractivity contribution in [1.29, 1.82) is 0 Å². The highest BCUT2D eigenvalue weighted by molar-refractivity contribution is 5.96. The molecule has 0 unspecified atom stereocenters. The van der Waals surface area contributed by atoms with E-state index >= 15 is 0 Å². The van der Waals surface area contributed by atoms with Gasteiger partial charge in [-0.1, -0.05) is 50.6 Å². The van der Waals surface area contributed by atoms with Gasteiger partial charge >= 0.3 is 0 Å². The highest BCUT2D eigenvalue weighted by atomic mass is 16.5. The highest BCUT2D eigenvalue weighted by Crippen LogP contribution is 2.34. The maximum absolute atomic E-state index is 11.7. The fourth-order valence-corrected chi connectivity index (χ4v) is 2.59. The molecule has 0 aliphatic rings. The summed E-state index contributed by atoms with van der Waals surface area (Å²) < 4.78 is 5.92. The minimum atomic E-state index is -0.386.